The van der Waals surface area contributed by atoms with Crippen LogP contribution in [0.5, 0.6) is 0 Å². The summed E-state index contributed by atoms with van der Waals surface area (Å²) < 4.78 is 4.83. The van der Waals surface area contributed by atoms with Crippen molar-refractivity contribution >= 4 is 27.9 Å². The molecule has 0 radical (unpaired) electrons. The van der Waals surface area contributed by atoms with Crippen molar-refractivity contribution in [1.82, 2.24) is 10.2 Å². The first-order valence-corrected chi connectivity index (χ1v) is 6.82. The summed E-state index contributed by atoms with van der Waals surface area (Å²) in [4.78, 5) is 24.7. The lowest BCUT2D eigenvalue weighted by Gasteiger charge is -2.33. The van der Waals surface area contributed by atoms with Gasteiger partial charge >= 0.3 is 6.09 Å². The van der Waals surface area contributed by atoms with Crippen LogP contribution in [-0.4, -0.2) is 47.5 Å². The number of piperidine rings is 1. The standard InChI is InChI=1S/C11H19BrN2O3/c1-3-17-11(16)13-9-5-4-6-14(7-9)10(15)8(2)12/h8-9H,3-7H2,1-2H3,(H,13,16). The summed E-state index contributed by atoms with van der Waals surface area (Å²) in [7, 11) is 0. The molecule has 0 bridgehead atoms. The monoisotopic (exact) mass is 306 g/mol. The molecule has 0 aromatic carbocycles. The molecule has 0 aromatic rings. The van der Waals surface area contributed by atoms with Gasteiger partial charge in [0.2, 0.25) is 5.91 Å². The van der Waals surface area contributed by atoms with E-state index in [9.17, 15) is 9.59 Å². The van der Waals surface area contributed by atoms with Gasteiger partial charge in [0.05, 0.1) is 11.4 Å². The zero-order valence-electron chi connectivity index (χ0n) is 10.2. The molecule has 2 atom stereocenters. The van der Waals surface area contributed by atoms with E-state index in [1.54, 1.807) is 11.8 Å². The number of carbonyl (C=O) groups excluding carboxylic acids is 2. The van der Waals surface area contributed by atoms with E-state index in [4.69, 9.17) is 4.74 Å². The number of nitrogens with one attached hydrogen (secondary N) is 1. The third-order valence-corrected chi connectivity index (χ3v) is 3.06. The molecule has 1 aliphatic heterocycles. The normalized spacial score (nSPS) is 21.8. The molecule has 1 aliphatic rings. The van der Waals surface area contributed by atoms with Gasteiger partial charge < -0.3 is 15.0 Å². The molecular formula is C11H19BrN2O3. The van der Waals surface area contributed by atoms with Gasteiger partial charge in [-0.05, 0) is 26.7 Å². The average molecular weight is 307 g/mol. The van der Waals surface area contributed by atoms with E-state index in [-0.39, 0.29) is 16.8 Å². The number of alkyl halides is 1. The molecule has 0 aliphatic carbocycles. The van der Waals surface area contributed by atoms with Crippen molar-refractivity contribution in [2.24, 2.45) is 0 Å². The first-order valence-electron chi connectivity index (χ1n) is 5.90. The van der Waals surface area contributed by atoms with Crippen molar-refractivity contribution in [2.75, 3.05) is 19.7 Å². The quantitative estimate of drug-likeness (QED) is 0.804. The summed E-state index contributed by atoms with van der Waals surface area (Å²) in [6, 6.07) is -0.00185. The highest BCUT2D eigenvalue weighted by molar-refractivity contribution is 9.10. The van der Waals surface area contributed by atoms with Gasteiger partial charge in [0.1, 0.15) is 0 Å². The van der Waals surface area contributed by atoms with Crippen LogP contribution < -0.4 is 5.32 Å². The maximum Gasteiger partial charge on any atom is 0.407 e. The zero-order valence-corrected chi connectivity index (χ0v) is 11.8. The average Bonchev–Trinajstić information content (AvgIpc) is 2.28. The molecule has 2 amide bonds. The Morgan fingerprint density at radius 3 is 2.88 bits per heavy atom. The van der Waals surface area contributed by atoms with Crippen molar-refractivity contribution in [2.45, 2.75) is 37.6 Å². The van der Waals surface area contributed by atoms with Gasteiger partial charge in [-0.2, -0.15) is 0 Å². The smallest absolute Gasteiger partial charge is 0.407 e. The number of likely N-dealkylation sites (tertiary alicyclic amines) is 1. The molecule has 0 aromatic heterocycles. The lowest BCUT2D eigenvalue weighted by atomic mass is 10.1. The highest BCUT2D eigenvalue weighted by Crippen LogP contribution is 2.13. The summed E-state index contributed by atoms with van der Waals surface area (Å²) in [5.74, 6) is 0.0698. The molecule has 98 valence electrons. The number of halogens is 1. The Balaban J connectivity index is 2.43. The fourth-order valence-corrected chi connectivity index (χ4v) is 2.18. The molecule has 0 spiro atoms. The van der Waals surface area contributed by atoms with Crippen LogP contribution in [0.1, 0.15) is 26.7 Å². The van der Waals surface area contributed by atoms with E-state index in [1.165, 1.54) is 0 Å². The van der Waals surface area contributed by atoms with Gasteiger partial charge in [0.15, 0.2) is 0 Å². The Hall–Kier alpha value is -0.780. The van der Waals surface area contributed by atoms with Crippen LogP contribution in [0.15, 0.2) is 0 Å². The summed E-state index contributed by atoms with van der Waals surface area (Å²) in [5.41, 5.74) is 0. The van der Waals surface area contributed by atoms with Crippen molar-refractivity contribution in [3.63, 3.8) is 0 Å². The van der Waals surface area contributed by atoms with Crippen molar-refractivity contribution in [3.8, 4) is 0 Å². The maximum absolute atomic E-state index is 11.8. The van der Waals surface area contributed by atoms with Crippen LogP contribution >= 0.6 is 15.9 Å². The third-order valence-electron chi connectivity index (χ3n) is 2.67. The Labute approximate surface area is 110 Å². The van der Waals surface area contributed by atoms with Crippen molar-refractivity contribution in [1.29, 1.82) is 0 Å². The first kappa shape index (κ1) is 14.3. The molecule has 1 heterocycles. The van der Waals surface area contributed by atoms with Crippen LogP contribution in [0.2, 0.25) is 0 Å². The SMILES string of the molecule is CCOC(=O)NC1CCCN(C(=O)C(C)Br)C1. The molecule has 1 N–H and O–H groups in total. The van der Waals surface area contributed by atoms with Gasteiger partial charge in [-0.15, -0.1) is 0 Å². The molecular weight excluding hydrogens is 288 g/mol. The van der Waals surface area contributed by atoms with E-state index >= 15 is 0 Å². The molecule has 1 rings (SSSR count). The Morgan fingerprint density at radius 1 is 1.59 bits per heavy atom. The zero-order chi connectivity index (χ0) is 12.8. The number of alkyl carbamates (subject to hydrolysis) is 1. The summed E-state index contributed by atoms with van der Waals surface area (Å²) in [5, 5.41) is 2.77. The van der Waals surface area contributed by atoms with E-state index in [0.29, 0.717) is 13.2 Å². The topological polar surface area (TPSA) is 58.6 Å². The number of nitrogens with zero attached hydrogens (tertiary/aromatic N) is 1. The van der Waals surface area contributed by atoms with Crippen LogP contribution in [-0.2, 0) is 9.53 Å². The number of amides is 2. The predicted molar refractivity (Wildman–Crippen MR) is 68.1 cm³/mol. The van der Waals surface area contributed by atoms with Gasteiger partial charge in [-0.1, -0.05) is 15.9 Å². The van der Waals surface area contributed by atoms with Gasteiger partial charge in [-0.25, -0.2) is 4.79 Å². The lowest BCUT2D eigenvalue weighted by molar-refractivity contribution is -0.131. The predicted octanol–water partition coefficient (Wildman–Crippen LogP) is 1.51. The maximum atomic E-state index is 11.8. The van der Waals surface area contributed by atoms with Gasteiger partial charge in [0, 0.05) is 19.1 Å². The molecule has 1 saturated heterocycles. The number of rotatable bonds is 3. The number of hydrogen-bond donors (Lipinski definition) is 1. The molecule has 17 heavy (non-hydrogen) atoms. The Bertz CT molecular complexity index is 284. The van der Waals surface area contributed by atoms with E-state index in [1.807, 2.05) is 6.92 Å². The second-order valence-electron chi connectivity index (χ2n) is 4.10. The molecule has 6 heteroatoms. The lowest BCUT2D eigenvalue weighted by Crippen LogP contribution is -2.51. The van der Waals surface area contributed by atoms with E-state index < -0.39 is 6.09 Å². The van der Waals surface area contributed by atoms with Crippen LogP contribution in [0.3, 0.4) is 0 Å². The van der Waals surface area contributed by atoms with Gasteiger partial charge in [0.25, 0.3) is 0 Å². The van der Waals surface area contributed by atoms with Crippen LogP contribution in [0.4, 0.5) is 4.79 Å². The second kappa shape index (κ2) is 6.83. The Kier molecular flexibility index (Phi) is 5.74. The second-order valence-corrected chi connectivity index (χ2v) is 5.48. The number of carbonyl (C=O) groups is 2. The molecule has 2 unspecified atom stereocenters. The molecule has 5 nitrogen and oxygen atoms in total. The van der Waals surface area contributed by atoms with E-state index in [0.717, 1.165) is 19.4 Å². The first-order chi connectivity index (χ1) is 8.04. The van der Waals surface area contributed by atoms with Crippen LogP contribution in [0.25, 0.3) is 0 Å². The summed E-state index contributed by atoms with van der Waals surface area (Å²) >= 11 is 3.27. The fourth-order valence-electron chi connectivity index (χ4n) is 1.89. The third kappa shape index (κ3) is 4.53. The Morgan fingerprint density at radius 2 is 2.29 bits per heavy atom. The fraction of sp³-hybridized carbons (Fsp3) is 0.818. The molecule has 0 saturated carbocycles. The minimum Gasteiger partial charge on any atom is -0.450 e. The van der Waals surface area contributed by atoms with Crippen LogP contribution in [0, 0.1) is 0 Å². The summed E-state index contributed by atoms with van der Waals surface area (Å²) in [6.07, 6.45) is 1.39. The number of hydrogen-bond acceptors (Lipinski definition) is 3. The minimum atomic E-state index is -0.404. The summed E-state index contributed by atoms with van der Waals surface area (Å²) in [6.45, 7) is 5.26. The highest BCUT2D eigenvalue weighted by atomic mass is 79.9. The van der Waals surface area contributed by atoms with Gasteiger partial charge in [-0.3, -0.25) is 4.79 Å². The molecule has 1 fully saturated rings. The minimum absolute atomic E-state index is 0.00185. The van der Waals surface area contributed by atoms with E-state index in [2.05, 4.69) is 21.2 Å². The van der Waals surface area contributed by atoms with Crippen molar-refractivity contribution < 1.29 is 14.3 Å². The largest absolute Gasteiger partial charge is 0.450 e. The number of ether oxygens (including phenoxy) is 1. The highest BCUT2D eigenvalue weighted by Gasteiger charge is 2.26. The van der Waals surface area contributed by atoms with Crippen molar-refractivity contribution in [3.05, 3.63) is 0 Å².